The third kappa shape index (κ3) is 2.91. The Bertz CT molecular complexity index is 602. The van der Waals surface area contributed by atoms with Crippen LogP contribution in [-0.2, 0) is 12.0 Å². The maximum atomic E-state index is 13.8. The SMILES string of the molecule is CCCc1cccc(C(C)(N)c2ccc(C)c(F)c2)c1. The van der Waals surface area contributed by atoms with Crippen molar-refractivity contribution in [3.63, 3.8) is 0 Å². The van der Waals surface area contributed by atoms with Gasteiger partial charge in [-0.1, -0.05) is 49.7 Å². The molecule has 2 aromatic carbocycles. The van der Waals surface area contributed by atoms with Gasteiger partial charge in [0.1, 0.15) is 5.82 Å². The minimum absolute atomic E-state index is 0.205. The predicted molar refractivity (Wildman–Crippen MR) is 82.2 cm³/mol. The Morgan fingerprint density at radius 2 is 1.80 bits per heavy atom. The third-order valence-electron chi connectivity index (χ3n) is 3.84. The van der Waals surface area contributed by atoms with Crippen LogP contribution in [0.5, 0.6) is 0 Å². The van der Waals surface area contributed by atoms with Gasteiger partial charge in [-0.05, 0) is 48.6 Å². The molecule has 1 atom stereocenters. The lowest BCUT2D eigenvalue weighted by Gasteiger charge is -2.27. The van der Waals surface area contributed by atoms with Crippen molar-refractivity contribution < 1.29 is 4.39 Å². The highest BCUT2D eigenvalue weighted by molar-refractivity contribution is 5.40. The normalized spacial score (nSPS) is 14.1. The van der Waals surface area contributed by atoms with Gasteiger partial charge in [0.2, 0.25) is 0 Å². The first-order valence-electron chi connectivity index (χ1n) is 7.10. The molecule has 2 aromatic rings. The number of halogens is 1. The summed E-state index contributed by atoms with van der Waals surface area (Å²) in [6.07, 6.45) is 2.13. The molecule has 2 heteroatoms. The molecule has 2 rings (SSSR count). The van der Waals surface area contributed by atoms with E-state index >= 15 is 0 Å². The zero-order chi connectivity index (χ0) is 14.8. The summed E-state index contributed by atoms with van der Waals surface area (Å²) in [6, 6.07) is 13.5. The summed E-state index contributed by atoms with van der Waals surface area (Å²) in [5.74, 6) is -0.205. The van der Waals surface area contributed by atoms with Gasteiger partial charge in [0, 0.05) is 0 Å². The molecule has 0 aliphatic carbocycles. The molecular weight excluding hydrogens is 249 g/mol. The van der Waals surface area contributed by atoms with Crippen molar-refractivity contribution >= 4 is 0 Å². The zero-order valence-electron chi connectivity index (χ0n) is 12.4. The number of hydrogen-bond donors (Lipinski definition) is 1. The predicted octanol–water partition coefficient (Wildman–Crippen LogP) is 4.31. The van der Waals surface area contributed by atoms with E-state index in [1.165, 1.54) is 5.56 Å². The first-order valence-corrected chi connectivity index (χ1v) is 7.10. The van der Waals surface area contributed by atoms with E-state index in [-0.39, 0.29) is 5.82 Å². The lowest BCUT2D eigenvalue weighted by atomic mass is 9.84. The number of hydrogen-bond acceptors (Lipinski definition) is 1. The summed E-state index contributed by atoms with van der Waals surface area (Å²) in [6.45, 7) is 5.85. The van der Waals surface area contributed by atoms with Gasteiger partial charge in [-0.15, -0.1) is 0 Å². The molecule has 1 nitrogen and oxygen atoms in total. The number of nitrogens with two attached hydrogens (primary N) is 1. The highest BCUT2D eigenvalue weighted by Crippen LogP contribution is 2.28. The maximum absolute atomic E-state index is 13.8. The van der Waals surface area contributed by atoms with Gasteiger partial charge in [0.25, 0.3) is 0 Å². The summed E-state index contributed by atoms with van der Waals surface area (Å²) < 4.78 is 13.8. The summed E-state index contributed by atoms with van der Waals surface area (Å²) in [4.78, 5) is 0. The van der Waals surface area contributed by atoms with Gasteiger partial charge in [-0.25, -0.2) is 4.39 Å². The van der Waals surface area contributed by atoms with Crippen molar-refractivity contribution in [1.82, 2.24) is 0 Å². The Morgan fingerprint density at radius 1 is 1.10 bits per heavy atom. The van der Waals surface area contributed by atoms with Crippen LogP contribution in [0, 0.1) is 12.7 Å². The minimum atomic E-state index is -0.682. The zero-order valence-corrected chi connectivity index (χ0v) is 12.4. The molecule has 0 bridgehead atoms. The summed E-state index contributed by atoms with van der Waals surface area (Å²) in [5.41, 5.74) is 9.53. The Labute approximate surface area is 120 Å². The molecule has 0 aliphatic heterocycles. The minimum Gasteiger partial charge on any atom is -0.318 e. The fourth-order valence-electron chi connectivity index (χ4n) is 2.42. The van der Waals surface area contributed by atoms with Crippen LogP contribution in [-0.4, -0.2) is 0 Å². The van der Waals surface area contributed by atoms with Crippen LogP contribution in [0.4, 0.5) is 4.39 Å². The lowest BCUT2D eigenvalue weighted by Crippen LogP contribution is -2.34. The smallest absolute Gasteiger partial charge is 0.126 e. The Balaban J connectivity index is 2.42. The Kier molecular flexibility index (Phi) is 4.24. The highest BCUT2D eigenvalue weighted by Gasteiger charge is 2.24. The van der Waals surface area contributed by atoms with Crippen molar-refractivity contribution in [2.45, 2.75) is 39.2 Å². The lowest BCUT2D eigenvalue weighted by molar-refractivity contribution is 0.577. The van der Waals surface area contributed by atoms with Gasteiger partial charge in [0.15, 0.2) is 0 Å². The quantitative estimate of drug-likeness (QED) is 0.881. The van der Waals surface area contributed by atoms with Gasteiger partial charge < -0.3 is 5.73 Å². The van der Waals surface area contributed by atoms with Crippen LogP contribution in [0.2, 0.25) is 0 Å². The molecule has 0 saturated heterocycles. The molecular formula is C18H22FN. The molecule has 0 saturated carbocycles. The summed E-state index contributed by atoms with van der Waals surface area (Å²) in [5, 5.41) is 0. The van der Waals surface area contributed by atoms with E-state index in [2.05, 4.69) is 19.1 Å². The first-order chi connectivity index (χ1) is 9.45. The monoisotopic (exact) mass is 271 g/mol. The molecule has 2 N–H and O–H groups in total. The topological polar surface area (TPSA) is 26.0 Å². The number of benzene rings is 2. The third-order valence-corrected chi connectivity index (χ3v) is 3.84. The Morgan fingerprint density at radius 3 is 2.45 bits per heavy atom. The largest absolute Gasteiger partial charge is 0.318 e. The van der Waals surface area contributed by atoms with E-state index in [0.29, 0.717) is 5.56 Å². The summed E-state index contributed by atoms with van der Waals surface area (Å²) in [7, 11) is 0. The van der Waals surface area contributed by atoms with Crippen LogP contribution in [0.25, 0.3) is 0 Å². The molecule has 0 aromatic heterocycles. The van der Waals surface area contributed by atoms with Gasteiger partial charge in [-0.3, -0.25) is 0 Å². The molecule has 0 amide bonds. The van der Waals surface area contributed by atoms with Crippen molar-refractivity contribution in [3.8, 4) is 0 Å². The molecule has 0 fully saturated rings. The second kappa shape index (κ2) is 5.76. The highest BCUT2D eigenvalue weighted by atomic mass is 19.1. The standard InChI is InChI=1S/C18H22FN/c1-4-6-14-7-5-8-15(11-14)18(3,20)16-10-9-13(2)17(19)12-16/h5,7-12H,4,6,20H2,1-3H3. The van der Waals surface area contributed by atoms with E-state index in [0.717, 1.165) is 24.0 Å². The average molecular weight is 271 g/mol. The van der Waals surface area contributed by atoms with Crippen molar-refractivity contribution in [3.05, 3.63) is 70.5 Å². The van der Waals surface area contributed by atoms with E-state index in [9.17, 15) is 4.39 Å². The fraction of sp³-hybridized carbons (Fsp3) is 0.333. The maximum Gasteiger partial charge on any atom is 0.126 e. The molecule has 0 spiro atoms. The molecule has 1 unspecified atom stereocenters. The van der Waals surface area contributed by atoms with Gasteiger partial charge in [-0.2, -0.15) is 0 Å². The van der Waals surface area contributed by atoms with Crippen LogP contribution < -0.4 is 5.73 Å². The Hall–Kier alpha value is -1.67. The molecule has 0 aliphatic rings. The van der Waals surface area contributed by atoms with Gasteiger partial charge >= 0.3 is 0 Å². The van der Waals surface area contributed by atoms with E-state index in [1.807, 2.05) is 25.1 Å². The summed E-state index contributed by atoms with van der Waals surface area (Å²) >= 11 is 0. The van der Waals surface area contributed by atoms with E-state index < -0.39 is 5.54 Å². The van der Waals surface area contributed by atoms with E-state index in [1.54, 1.807) is 19.1 Å². The van der Waals surface area contributed by atoms with Crippen LogP contribution in [0.15, 0.2) is 42.5 Å². The second-order valence-electron chi connectivity index (χ2n) is 5.62. The molecule has 106 valence electrons. The number of rotatable bonds is 4. The van der Waals surface area contributed by atoms with Gasteiger partial charge in [0.05, 0.1) is 5.54 Å². The average Bonchev–Trinajstić information content (AvgIpc) is 2.42. The van der Waals surface area contributed by atoms with Crippen molar-refractivity contribution in [1.29, 1.82) is 0 Å². The first kappa shape index (κ1) is 14.7. The molecule has 0 heterocycles. The van der Waals surface area contributed by atoms with Crippen molar-refractivity contribution in [2.24, 2.45) is 5.73 Å². The van der Waals surface area contributed by atoms with E-state index in [4.69, 9.17) is 5.73 Å². The molecule has 20 heavy (non-hydrogen) atoms. The number of aryl methyl sites for hydroxylation is 2. The van der Waals surface area contributed by atoms with Crippen LogP contribution >= 0.6 is 0 Å². The van der Waals surface area contributed by atoms with Crippen molar-refractivity contribution in [2.75, 3.05) is 0 Å². The molecule has 0 radical (unpaired) electrons. The second-order valence-corrected chi connectivity index (χ2v) is 5.62. The van der Waals surface area contributed by atoms with Crippen LogP contribution in [0.3, 0.4) is 0 Å². The van der Waals surface area contributed by atoms with Crippen LogP contribution in [0.1, 0.15) is 42.5 Å². The fourth-order valence-corrected chi connectivity index (χ4v) is 2.42.